The van der Waals surface area contributed by atoms with Gasteiger partial charge in [0.05, 0.1) is 6.61 Å². The van der Waals surface area contributed by atoms with Crippen LogP contribution in [0.1, 0.15) is 45.0 Å². The fourth-order valence-corrected chi connectivity index (χ4v) is 2.19. The summed E-state index contributed by atoms with van der Waals surface area (Å²) in [6.07, 6.45) is 0.0145. The molecule has 20 heavy (non-hydrogen) atoms. The second kappa shape index (κ2) is 5.84. The highest BCUT2D eigenvalue weighted by Crippen LogP contribution is 2.25. The molecule has 1 aromatic rings. The van der Waals surface area contributed by atoms with E-state index in [0.717, 1.165) is 17.2 Å². The number of rotatable bonds is 4. The molecular weight excluding hydrogens is 278 g/mol. The minimum atomic E-state index is -0.506. The molecule has 1 aliphatic heterocycles. The van der Waals surface area contributed by atoms with Gasteiger partial charge in [-0.05, 0) is 20.8 Å². The largest absolute Gasteiger partial charge is 0.367 e. The summed E-state index contributed by atoms with van der Waals surface area (Å²) in [4.78, 5) is 8.82. The minimum Gasteiger partial charge on any atom is -0.367 e. The Morgan fingerprint density at radius 1 is 1.40 bits per heavy atom. The molecule has 2 heterocycles. The molecule has 0 saturated carbocycles. The fourth-order valence-electron chi connectivity index (χ4n) is 2.01. The lowest BCUT2D eigenvalue weighted by Crippen LogP contribution is -2.26. The lowest BCUT2D eigenvalue weighted by atomic mass is 10.2. The lowest BCUT2D eigenvalue weighted by Gasteiger charge is -2.18. The van der Waals surface area contributed by atoms with Crippen molar-refractivity contribution >= 4 is 17.4 Å². The molecule has 2 rings (SSSR count). The monoisotopic (exact) mass is 299 g/mol. The van der Waals surface area contributed by atoms with Crippen LogP contribution in [0.15, 0.2) is 0 Å². The zero-order valence-electron chi connectivity index (χ0n) is 12.7. The predicted molar refractivity (Wildman–Crippen MR) is 79.3 cm³/mol. The molecule has 0 amide bonds. The van der Waals surface area contributed by atoms with Gasteiger partial charge >= 0.3 is 0 Å². The summed E-state index contributed by atoms with van der Waals surface area (Å²) in [5.74, 6) is 1.24. The summed E-state index contributed by atoms with van der Waals surface area (Å²) in [5.41, 5.74) is 0.856. The number of hydrogen-bond donors (Lipinski definition) is 1. The Morgan fingerprint density at radius 3 is 2.65 bits per heavy atom. The van der Waals surface area contributed by atoms with Crippen molar-refractivity contribution in [3.63, 3.8) is 0 Å². The first-order valence-corrected chi connectivity index (χ1v) is 7.26. The summed E-state index contributed by atoms with van der Waals surface area (Å²) >= 11 is 6.16. The molecule has 1 aliphatic rings. The summed E-state index contributed by atoms with van der Waals surface area (Å²) in [6, 6.07) is 0. The van der Waals surface area contributed by atoms with E-state index in [-0.39, 0.29) is 12.0 Å². The topological polar surface area (TPSA) is 56.3 Å². The molecule has 0 spiro atoms. The van der Waals surface area contributed by atoms with Crippen molar-refractivity contribution in [2.75, 3.05) is 18.5 Å². The molecule has 1 unspecified atom stereocenters. The lowest BCUT2D eigenvalue weighted by molar-refractivity contribution is -0.136. The quantitative estimate of drug-likeness (QED) is 0.866. The summed E-state index contributed by atoms with van der Waals surface area (Å²) in [7, 11) is 0. The summed E-state index contributed by atoms with van der Waals surface area (Å²) < 4.78 is 11.3. The molecule has 0 aliphatic carbocycles. The smallest absolute Gasteiger partial charge is 0.163 e. The average Bonchev–Trinajstić information content (AvgIpc) is 2.70. The second-order valence-corrected chi connectivity index (χ2v) is 6.19. The first-order valence-electron chi connectivity index (χ1n) is 6.88. The average molecular weight is 300 g/mol. The zero-order valence-corrected chi connectivity index (χ0v) is 13.4. The molecule has 0 aromatic carbocycles. The Balaban J connectivity index is 2.06. The highest BCUT2D eigenvalue weighted by atomic mass is 35.5. The zero-order chi connectivity index (χ0) is 14.9. The first-order chi connectivity index (χ1) is 9.28. The summed E-state index contributed by atoms with van der Waals surface area (Å²) in [5, 5.41) is 3.78. The highest BCUT2D eigenvalue weighted by Gasteiger charge is 2.32. The van der Waals surface area contributed by atoms with E-state index < -0.39 is 5.79 Å². The van der Waals surface area contributed by atoms with E-state index in [2.05, 4.69) is 15.3 Å². The van der Waals surface area contributed by atoms with Crippen molar-refractivity contribution in [1.82, 2.24) is 9.97 Å². The van der Waals surface area contributed by atoms with Crippen LogP contribution in [0.25, 0.3) is 0 Å². The van der Waals surface area contributed by atoms with E-state index >= 15 is 0 Å². The fraction of sp³-hybridized carbons (Fsp3) is 0.714. The van der Waals surface area contributed by atoms with Crippen LogP contribution in [0, 0.1) is 6.92 Å². The number of aromatic nitrogens is 2. The number of ether oxygens (including phenoxy) is 2. The van der Waals surface area contributed by atoms with Gasteiger partial charge in [-0.25, -0.2) is 9.97 Å². The Bertz CT molecular complexity index is 492. The van der Waals surface area contributed by atoms with Gasteiger partial charge in [0.15, 0.2) is 5.79 Å². The normalized spacial score (nSPS) is 21.4. The molecular formula is C14H22ClN3O2. The van der Waals surface area contributed by atoms with Crippen molar-refractivity contribution in [2.45, 2.75) is 52.4 Å². The van der Waals surface area contributed by atoms with Crippen molar-refractivity contribution < 1.29 is 9.47 Å². The molecule has 1 saturated heterocycles. The molecule has 1 fully saturated rings. The van der Waals surface area contributed by atoms with Gasteiger partial charge in [-0.1, -0.05) is 25.4 Å². The maximum absolute atomic E-state index is 6.16. The van der Waals surface area contributed by atoms with Crippen molar-refractivity contribution in [2.24, 2.45) is 0 Å². The SMILES string of the molecule is Cc1c(Cl)nc(C(C)C)nc1NCC1COC(C)(C)O1. The Morgan fingerprint density at radius 2 is 2.10 bits per heavy atom. The Labute approximate surface area is 125 Å². The number of hydrogen-bond acceptors (Lipinski definition) is 5. The van der Waals surface area contributed by atoms with Crippen molar-refractivity contribution in [1.29, 1.82) is 0 Å². The Kier molecular flexibility index (Phi) is 4.52. The summed E-state index contributed by atoms with van der Waals surface area (Å²) in [6.45, 7) is 11.0. The maximum Gasteiger partial charge on any atom is 0.163 e. The second-order valence-electron chi connectivity index (χ2n) is 5.83. The number of anilines is 1. The van der Waals surface area contributed by atoms with Gasteiger partial charge in [0.25, 0.3) is 0 Å². The Hall–Kier alpha value is -0.910. The van der Waals surface area contributed by atoms with Crippen LogP contribution in [-0.2, 0) is 9.47 Å². The van der Waals surface area contributed by atoms with E-state index in [1.54, 1.807) is 0 Å². The van der Waals surface area contributed by atoms with Crippen LogP contribution in [0.5, 0.6) is 0 Å². The molecule has 5 nitrogen and oxygen atoms in total. The van der Waals surface area contributed by atoms with Crippen LogP contribution < -0.4 is 5.32 Å². The van der Waals surface area contributed by atoms with Gasteiger partial charge in [0.1, 0.15) is 22.9 Å². The van der Waals surface area contributed by atoms with Gasteiger partial charge in [0.2, 0.25) is 0 Å². The molecule has 1 atom stereocenters. The van der Waals surface area contributed by atoms with Gasteiger partial charge < -0.3 is 14.8 Å². The van der Waals surface area contributed by atoms with E-state index in [0.29, 0.717) is 18.3 Å². The maximum atomic E-state index is 6.16. The minimum absolute atomic E-state index is 0.0145. The number of halogens is 1. The van der Waals surface area contributed by atoms with E-state index in [1.165, 1.54) is 0 Å². The van der Waals surface area contributed by atoms with Crippen LogP contribution in [0.3, 0.4) is 0 Å². The predicted octanol–water partition coefficient (Wildman–Crippen LogP) is 3.13. The first kappa shape index (κ1) is 15.5. The third-order valence-corrected chi connectivity index (χ3v) is 3.55. The van der Waals surface area contributed by atoms with Crippen LogP contribution in [0.4, 0.5) is 5.82 Å². The highest BCUT2D eigenvalue weighted by molar-refractivity contribution is 6.30. The number of nitrogens with zero attached hydrogens (tertiary/aromatic N) is 2. The van der Waals surface area contributed by atoms with Crippen molar-refractivity contribution in [3.8, 4) is 0 Å². The van der Waals surface area contributed by atoms with Crippen LogP contribution >= 0.6 is 11.6 Å². The molecule has 1 N–H and O–H groups in total. The van der Waals surface area contributed by atoms with Gasteiger partial charge in [-0.15, -0.1) is 0 Å². The van der Waals surface area contributed by atoms with Crippen LogP contribution in [0.2, 0.25) is 5.15 Å². The van der Waals surface area contributed by atoms with Gasteiger partial charge in [-0.3, -0.25) is 0 Å². The van der Waals surface area contributed by atoms with Crippen LogP contribution in [-0.4, -0.2) is 35.0 Å². The third kappa shape index (κ3) is 3.59. The molecule has 0 radical (unpaired) electrons. The van der Waals surface area contributed by atoms with Gasteiger partial charge in [-0.2, -0.15) is 0 Å². The van der Waals surface area contributed by atoms with Gasteiger partial charge in [0, 0.05) is 18.0 Å². The van der Waals surface area contributed by atoms with Crippen molar-refractivity contribution in [3.05, 3.63) is 16.5 Å². The standard InChI is InChI=1S/C14H22ClN3O2/c1-8(2)12-17-11(15)9(3)13(18-12)16-6-10-7-19-14(4,5)20-10/h8,10H,6-7H2,1-5H3,(H,16,17,18). The van der Waals surface area contributed by atoms with E-state index in [1.807, 2.05) is 34.6 Å². The molecule has 6 heteroatoms. The third-order valence-electron chi connectivity index (χ3n) is 3.18. The molecule has 1 aromatic heterocycles. The molecule has 0 bridgehead atoms. The number of nitrogens with one attached hydrogen (secondary N) is 1. The van der Waals surface area contributed by atoms with E-state index in [9.17, 15) is 0 Å². The molecule has 112 valence electrons. The van der Waals surface area contributed by atoms with E-state index in [4.69, 9.17) is 21.1 Å².